The van der Waals surface area contributed by atoms with E-state index in [0.717, 1.165) is 37.6 Å². The van der Waals surface area contributed by atoms with Gasteiger partial charge in [0.1, 0.15) is 5.75 Å². The van der Waals surface area contributed by atoms with Crippen LogP contribution in [0.1, 0.15) is 27.7 Å². The van der Waals surface area contributed by atoms with Crippen LogP contribution in [0.2, 0.25) is 0 Å². The van der Waals surface area contributed by atoms with E-state index in [4.69, 9.17) is 10.5 Å². The van der Waals surface area contributed by atoms with Crippen LogP contribution in [0.5, 0.6) is 5.75 Å². The van der Waals surface area contributed by atoms with Gasteiger partial charge in [-0.2, -0.15) is 0 Å². The van der Waals surface area contributed by atoms with Crippen molar-refractivity contribution in [1.29, 1.82) is 0 Å². The fourth-order valence-electron chi connectivity index (χ4n) is 2.83. The highest BCUT2D eigenvalue weighted by atomic mass is 16.5. The second-order valence-electron chi connectivity index (χ2n) is 5.85. The number of piperazine rings is 1. The standard InChI is InChI=1S/C16H27N3O/c1-5-18-6-7-19(11-13(18)4)15-8-14(17)9-16(10-15)20-12(2)3/h8-10,12-13H,5-7,11,17H2,1-4H3. The molecule has 112 valence electrons. The Labute approximate surface area is 122 Å². The average molecular weight is 277 g/mol. The van der Waals surface area contributed by atoms with E-state index in [1.54, 1.807) is 0 Å². The molecule has 0 saturated carbocycles. The van der Waals surface area contributed by atoms with Crippen molar-refractivity contribution in [2.75, 3.05) is 36.8 Å². The van der Waals surface area contributed by atoms with Gasteiger partial charge in [0.15, 0.2) is 0 Å². The second-order valence-corrected chi connectivity index (χ2v) is 5.85. The highest BCUT2D eigenvalue weighted by Gasteiger charge is 2.23. The Morgan fingerprint density at radius 2 is 2.05 bits per heavy atom. The molecule has 0 radical (unpaired) electrons. The first-order valence-corrected chi connectivity index (χ1v) is 7.55. The van der Waals surface area contributed by atoms with Crippen molar-refractivity contribution in [1.82, 2.24) is 4.90 Å². The van der Waals surface area contributed by atoms with Gasteiger partial charge in [-0.15, -0.1) is 0 Å². The molecule has 4 nitrogen and oxygen atoms in total. The Morgan fingerprint density at radius 3 is 2.65 bits per heavy atom. The van der Waals surface area contributed by atoms with Gasteiger partial charge < -0.3 is 15.4 Å². The third kappa shape index (κ3) is 3.57. The molecule has 1 heterocycles. The van der Waals surface area contributed by atoms with E-state index in [2.05, 4.69) is 29.7 Å². The maximum Gasteiger partial charge on any atom is 0.123 e. The summed E-state index contributed by atoms with van der Waals surface area (Å²) in [5, 5.41) is 0. The quantitative estimate of drug-likeness (QED) is 0.859. The molecule has 0 bridgehead atoms. The van der Waals surface area contributed by atoms with Crippen LogP contribution >= 0.6 is 0 Å². The smallest absolute Gasteiger partial charge is 0.123 e. The van der Waals surface area contributed by atoms with Crippen molar-refractivity contribution in [2.45, 2.75) is 39.8 Å². The lowest BCUT2D eigenvalue weighted by atomic mass is 10.1. The Hall–Kier alpha value is -1.42. The Kier molecular flexibility index (Phi) is 4.76. The monoisotopic (exact) mass is 277 g/mol. The van der Waals surface area contributed by atoms with Crippen molar-refractivity contribution in [2.24, 2.45) is 0 Å². The molecule has 2 N–H and O–H groups in total. The summed E-state index contributed by atoms with van der Waals surface area (Å²) >= 11 is 0. The van der Waals surface area contributed by atoms with E-state index in [0.29, 0.717) is 6.04 Å². The molecule has 0 aromatic heterocycles. The van der Waals surface area contributed by atoms with Crippen molar-refractivity contribution >= 4 is 11.4 Å². The fourth-order valence-corrected chi connectivity index (χ4v) is 2.83. The first-order valence-electron chi connectivity index (χ1n) is 7.55. The zero-order valence-corrected chi connectivity index (χ0v) is 13.1. The maximum absolute atomic E-state index is 6.01. The second kappa shape index (κ2) is 6.35. The summed E-state index contributed by atoms with van der Waals surface area (Å²) in [5.74, 6) is 0.862. The van der Waals surface area contributed by atoms with Gasteiger partial charge in [0.25, 0.3) is 0 Å². The number of nitrogen functional groups attached to an aromatic ring is 1. The van der Waals surface area contributed by atoms with Crippen LogP contribution in [0.3, 0.4) is 0 Å². The number of hydrogen-bond donors (Lipinski definition) is 1. The first-order chi connectivity index (χ1) is 9.49. The van der Waals surface area contributed by atoms with Crippen LogP contribution in [0.4, 0.5) is 11.4 Å². The van der Waals surface area contributed by atoms with Gasteiger partial charge >= 0.3 is 0 Å². The first kappa shape index (κ1) is 15.0. The van der Waals surface area contributed by atoms with Gasteiger partial charge in [0.05, 0.1) is 6.10 Å². The number of nitrogens with zero attached hydrogens (tertiary/aromatic N) is 2. The summed E-state index contributed by atoms with van der Waals surface area (Å²) in [6.07, 6.45) is 0.167. The van der Waals surface area contributed by atoms with Crippen molar-refractivity contribution < 1.29 is 4.74 Å². The SMILES string of the molecule is CCN1CCN(c2cc(N)cc(OC(C)C)c2)CC1C. The number of rotatable bonds is 4. The van der Waals surface area contributed by atoms with Gasteiger partial charge in [0.2, 0.25) is 0 Å². The molecule has 1 atom stereocenters. The van der Waals surface area contributed by atoms with Gasteiger partial charge in [0, 0.05) is 49.2 Å². The number of nitrogens with two attached hydrogens (primary N) is 1. The molecule has 1 aromatic rings. The van der Waals surface area contributed by atoms with Crippen LogP contribution in [-0.4, -0.2) is 43.2 Å². The van der Waals surface area contributed by atoms with E-state index < -0.39 is 0 Å². The third-order valence-corrected chi connectivity index (χ3v) is 3.82. The summed E-state index contributed by atoms with van der Waals surface area (Å²) < 4.78 is 5.78. The third-order valence-electron chi connectivity index (χ3n) is 3.82. The van der Waals surface area contributed by atoms with Gasteiger partial charge in [-0.25, -0.2) is 0 Å². The zero-order chi connectivity index (χ0) is 14.7. The number of ether oxygens (including phenoxy) is 1. The van der Waals surface area contributed by atoms with Crippen molar-refractivity contribution in [3.8, 4) is 5.75 Å². The van der Waals surface area contributed by atoms with E-state index in [-0.39, 0.29) is 6.10 Å². The van der Waals surface area contributed by atoms with Crippen LogP contribution < -0.4 is 15.4 Å². The minimum atomic E-state index is 0.167. The highest BCUT2D eigenvalue weighted by molar-refractivity contribution is 5.61. The molecule has 20 heavy (non-hydrogen) atoms. The fraction of sp³-hybridized carbons (Fsp3) is 0.625. The van der Waals surface area contributed by atoms with E-state index in [9.17, 15) is 0 Å². The molecule has 4 heteroatoms. The Morgan fingerprint density at radius 1 is 1.30 bits per heavy atom. The predicted molar refractivity (Wildman–Crippen MR) is 85.5 cm³/mol. The predicted octanol–water partition coefficient (Wildman–Crippen LogP) is 2.59. The molecule has 0 spiro atoms. The molecule has 2 rings (SSSR count). The average Bonchev–Trinajstić information content (AvgIpc) is 2.37. The molecule has 0 aliphatic carbocycles. The molecular formula is C16H27N3O. The van der Waals surface area contributed by atoms with Crippen LogP contribution in [0.25, 0.3) is 0 Å². The zero-order valence-electron chi connectivity index (χ0n) is 13.1. The summed E-state index contributed by atoms with van der Waals surface area (Å²) in [4.78, 5) is 4.91. The molecule has 1 unspecified atom stereocenters. The lowest BCUT2D eigenvalue weighted by Gasteiger charge is -2.40. The minimum absolute atomic E-state index is 0.167. The summed E-state index contributed by atoms with van der Waals surface area (Å²) in [5.41, 5.74) is 7.95. The minimum Gasteiger partial charge on any atom is -0.491 e. The van der Waals surface area contributed by atoms with E-state index in [1.165, 1.54) is 5.69 Å². The largest absolute Gasteiger partial charge is 0.491 e. The lowest BCUT2D eigenvalue weighted by Crippen LogP contribution is -2.51. The topological polar surface area (TPSA) is 41.7 Å². The number of benzene rings is 1. The molecule has 0 amide bonds. The molecule has 1 aliphatic heterocycles. The van der Waals surface area contributed by atoms with E-state index >= 15 is 0 Å². The highest BCUT2D eigenvalue weighted by Crippen LogP contribution is 2.28. The molecule has 1 saturated heterocycles. The number of hydrogen-bond acceptors (Lipinski definition) is 4. The Bertz CT molecular complexity index is 447. The van der Waals surface area contributed by atoms with Crippen molar-refractivity contribution in [3.05, 3.63) is 18.2 Å². The molecule has 1 aliphatic rings. The van der Waals surface area contributed by atoms with Gasteiger partial charge in [-0.3, -0.25) is 4.90 Å². The molecule has 1 fully saturated rings. The Balaban J connectivity index is 2.14. The maximum atomic E-state index is 6.01. The van der Waals surface area contributed by atoms with Crippen LogP contribution in [0, 0.1) is 0 Å². The summed E-state index contributed by atoms with van der Waals surface area (Å²) in [6, 6.07) is 6.62. The van der Waals surface area contributed by atoms with Crippen LogP contribution in [-0.2, 0) is 0 Å². The van der Waals surface area contributed by atoms with Gasteiger partial charge in [-0.05, 0) is 33.4 Å². The number of anilines is 2. The van der Waals surface area contributed by atoms with E-state index in [1.807, 2.05) is 26.0 Å². The van der Waals surface area contributed by atoms with Crippen LogP contribution in [0.15, 0.2) is 18.2 Å². The van der Waals surface area contributed by atoms with Crippen molar-refractivity contribution in [3.63, 3.8) is 0 Å². The summed E-state index contributed by atoms with van der Waals surface area (Å²) in [6.45, 7) is 12.9. The molecular weight excluding hydrogens is 250 g/mol. The molecule has 1 aromatic carbocycles. The number of likely N-dealkylation sites (N-methyl/N-ethyl adjacent to an activating group) is 1. The van der Waals surface area contributed by atoms with Gasteiger partial charge in [-0.1, -0.05) is 6.92 Å². The lowest BCUT2D eigenvalue weighted by molar-refractivity contribution is 0.199. The normalized spacial score (nSPS) is 20.4. The summed E-state index contributed by atoms with van der Waals surface area (Å²) in [7, 11) is 0.